The molecule has 3 nitrogen and oxygen atoms in total. The van der Waals surface area contributed by atoms with Gasteiger partial charge in [0.05, 0.1) is 11.3 Å². The number of nitriles is 1. The van der Waals surface area contributed by atoms with Gasteiger partial charge in [-0.3, -0.25) is 4.79 Å². The van der Waals surface area contributed by atoms with Crippen LogP contribution in [-0.4, -0.2) is 12.5 Å². The van der Waals surface area contributed by atoms with Gasteiger partial charge in [0, 0.05) is 13.0 Å². The van der Waals surface area contributed by atoms with Gasteiger partial charge in [0.2, 0.25) is 5.91 Å². The van der Waals surface area contributed by atoms with E-state index in [1.54, 1.807) is 0 Å². The van der Waals surface area contributed by atoms with E-state index in [-0.39, 0.29) is 5.91 Å². The molecule has 0 aliphatic carbocycles. The summed E-state index contributed by atoms with van der Waals surface area (Å²) >= 11 is 0. The lowest BCUT2D eigenvalue weighted by atomic mass is 10.1. The summed E-state index contributed by atoms with van der Waals surface area (Å²) in [5.74, 6) is -0.444. The summed E-state index contributed by atoms with van der Waals surface area (Å²) in [6, 6.07) is 5.93. The minimum absolute atomic E-state index is 0.0235. The van der Waals surface area contributed by atoms with Gasteiger partial charge in [0.1, 0.15) is 11.9 Å². The molecule has 1 aromatic rings. The number of hydrogen-bond acceptors (Lipinski definition) is 2. The fourth-order valence-electron chi connectivity index (χ4n) is 2.06. The van der Waals surface area contributed by atoms with E-state index in [0.717, 1.165) is 19.3 Å². The fourth-order valence-corrected chi connectivity index (χ4v) is 2.06. The van der Waals surface area contributed by atoms with Crippen molar-refractivity contribution in [2.75, 3.05) is 11.4 Å². The lowest BCUT2D eigenvalue weighted by Gasteiger charge is -2.21. The molecule has 0 N–H and O–H groups in total. The zero-order chi connectivity index (χ0) is 12.3. The van der Waals surface area contributed by atoms with Gasteiger partial charge in [-0.05, 0) is 31.0 Å². The third kappa shape index (κ3) is 2.44. The average molecular weight is 232 g/mol. The van der Waals surface area contributed by atoms with Crippen LogP contribution in [0.3, 0.4) is 0 Å². The predicted octanol–water partition coefficient (Wildman–Crippen LogP) is 2.60. The molecule has 1 heterocycles. The third-order valence-corrected chi connectivity index (χ3v) is 2.94. The molecule has 1 fully saturated rings. The topological polar surface area (TPSA) is 44.1 Å². The molecule has 0 atom stereocenters. The molecule has 2 rings (SSSR count). The van der Waals surface area contributed by atoms with Crippen LogP contribution < -0.4 is 4.90 Å². The molecule has 88 valence electrons. The Balaban J connectivity index is 2.40. The van der Waals surface area contributed by atoms with Gasteiger partial charge in [-0.15, -0.1) is 0 Å². The second-order valence-electron chi connectivity index (χ2n) is 4.13. The summed E-state index contributed by atoms with van der Waals surface area (Å²) < 4.78 is 13.2. The number of anilines is 1. The first-order chi connectivity index (χ1) is 8.22. The van der Waals surface area contributed by atoms with Crippen LogP contribution in [0.1, 0.15) is 31.2 Å². The Morgan fingerprint density at radius 2 is 2.12 bits per heavy atom. The molecule has 1 aromatic carbocycles. The van der Waals surface area contributed by atoms with Crippen molar-refractivity contribution in [1.82, 2.24) is 0 Å². The molecule has 1 saturated heterocycles. The smallest absolute Gasteiger partial charge is 0.227 e. The SMILES string of the molecule is N#Cc1ccc(F)cc1N1CCCCCC1=O. The largest absolute Gasteiger partial charge is 0.311 e. The van der Waals surface area contributed by atoms with Crippen LogP contribution in [0.25, 0.3) is 0 Å². The predicted molar refractivity (Wildman–Crippen MR) is 61.9 cm³/mol. The molecule has 17 heavy (non-hydrogen) atoms. The fraction of sp³-hybridized carbons (Fsp3) is 0.385. The minimum atomic E-state index is -0.420. The average Bonchev–Trinajstić information content (AvgIpc) is 2.54. The number of amides is 1. The van der Waals surface area contributed by atoms with Crippen molar-refractivity contribution in [1.29, 1.82) is 5.26 Å². The minimum Gasteiger partial charge on any atom is -0.311 e. The third-order valence-electron chi connectivity index (χ3n) is 2.94. The number of nitrogens with zero attached hydrogens (tertiary/aromatic N) is 2. The van der Waals surface area contributed by atoms with Crippen LogP contribution in [0.15, 0.2) is 18.2 Å². The summed E-state index contributed by atoms with van der Waals surface area (Å²) in [6.07, 6.45) is 3.24. The van der Waals surface area contributed by atoms with Crippen molar-refractivity contribution in [2.45, 2.75) is 25.7 Å². The summed E-state index contributed by atoms with van der Waals surface area (Å²) in [5.41, 5.74) is 0.751. The highest BCUT2D eigenvalue weighted by Crippen LogP contribution is 2.25. The number of carbonyl (C=O) groups excluding carboxylic acids is 1. The van der Waals surface area contributed by atoms with E-state index < -0.39 is 5.82 Å². The highest BCUT2D eigenvalue weighted by Gasteiger charge is 2.21. The van der Waals surface area contributed by atoms with E-state index in [0.29, 0.717) is 24.2 Å². The van der Waals surface area contributed by atoms with Crippen LogP contribution in [0, 0.1) is 17.1 Å². The first-order valence-corrected chi connectivity index (χ1v) is 5.72. The molecule has 1 amide bonds. The summed E-state index contributed by atoms with van der Waals surface area (Å²) in [7, 11) is 0. The van der Waals surface area contributed by atoms with Gasteiger partial charge >= 0.3 is 0 Å². The van der Waals surface area contributed by atoms with Crippen LogP contribution in [0.2, 0.25) is 0 Å². The quantitative estimate of drug-likeness (QED) is 0.747. The molecular weight excluding hydrogens is 219 g/mol. The Bertz CT molecular complexity index is 479. The van der Waals surface area contributed by atoms with Gasteiger partial charge < -0.3 is 4.90 Å². The number of carbonyl (C=O) groups is 1. The first kappa shape index (κ1) is 11.6. The maximum absolute atomic E-state index is 13.2. The van der Waals surface area contributed by atoms with E-state index in [1.807, 2.05) is 6.07 Å². The maximum Gasteiger partial charge on any atom is 0.227 e. The molecule has 0 spiro atoms. The van der Waals surface area contributed by atoms with E-state index in [9.17, 15) is 9.18 Å². The highest BCUT2D eigenvalue weighted by atomic mass is 19.1. The normalized spacial score (nSPS) is 16.5. The van der Waals surface area contributed by atoms with Crippen LogP contribution in [-0.2, 0) is 4.79 Å². The van der Waals surface area contributed by atoms with Crippen LogP contribution in [0.4, 0.5) is 10.1 Å². The summed E-state index contributed by atoms with van der Waals surface area (Å²) in [4.78, 5) is 13.4. The molecule has 0 saturated carbocycles. The molecule has 1 aliphatic heterocycles. The second-order valence-corrected chi connectivity index (χ2v) is 4.13. The lowest BCUT2D eigenvalue weighted by molar-refractivity contribution is -0.118. The molecule has 0 unspecified atom stereocenters. The Labute approximate surface area is 99.5 Å². The van der Waals surface area contributed by atoms with Gasteiger partial charge in [0.25, 0.3) is 0 Å². The van der Waals surface area contributed by atoms with Gasteiger partial charge in [-0.2, -0.15) is 5.26 Å². The molecule has 0 bridgehead atoms. The van der Waals surface area contributed by atoms with Gasteiger partial charge in [0.15, 0.2) is 0 Å². The van der Waals surface area contributed by atoms with E-state index in [2.05, 4.69) is 0 Å². The standard InChI is InChI=1S/C13H13FN2O/c14-11-6-5-10(9-15)12(8-11)16-7-3-1-2-4-13(16)17/h5-6,8H,1-4,7H2. The molecular formula is C13H13FN2O. The second kappa shape index (κ2) is 4.96. The van der Waals surface area contributed by atoms with Gasteiger partial charge in [-0.25, -0.2) is 4.39 Å². The van der Waals surface area contributed by atoms with Crippen molar-refractivity contribution < 1.29 is 9.18 Å². The molecule has 4 heteroatoms. The Kier molecular flexibility index (Phi) is 3.38. The lowest BCUT2D eigenvalue weighted by Crippen LogP contribution is -2.30. The Morgan fingerprint density at radius 1 is 1.29 bits per heavy atom. The van der Waals surface area contributed by atoms with Crippen molar-refractivity contribution in [3.05, 3.63) is 29.6 Å². The van der Waals surface area contributed by atoms with Gasteiger partial charge in [-0.1, -0.05) is 6.42 Å². The monoisotopic (exact) mass is 232 g/mol. The van der Waals surface area contributed by atoms with E-state index >= 15 is 0 Å². The number of halogens is 1. The zero-order valence-electron chi connectivity index (χ0n) is 9.45. The summed E-state index contributed by atoms with van der Waals surface area (Å²) in [6.45, 7) is 0.566. The van der Waals surface area contributed by atoms with Crippen molar-refractivity contribution in [3.63, 3.8) is 0 Å². The molecule has 1 aliphatic rings. The van der Waals surface area contributed by atoms with Crippen molar-refractivity contribution >= 4 is 11.6 Å². The Hall–Kier alpha value is -1.89. The highest BCUT2D eigenvalue weighted by molar-refractivity contribution is 5.94. The van der Waals surface area contributed by atoms with Crippen molar-refractivity contribution in [2.24, 2.45) is 0 Å². The molecule has 0 radical (unpaired) electrons. The number of rotatable bonds is 1. The number of benzene rings is 1. The number of hydrogen-bond donors (Lipinski definition) is 0. The zero-order valence-corrected chi connectivity index (χ0v) is 9.45. The van der Waals surface area contributed by atoms with E-state index in [4.69, 9.17) is 5.26 Å². The van der Waals surface area contributed by atoms with Crippen LogP contribution in [0.5, 0.6) is 0 Å². The van der Waals surface area contributed by atoms with Crippen LogP contribution >= 0.6 is 0 Å². The van der Waals surface area contributed by atoms with Crippen molar-refractivity contribution in [3.8, 4) is 6.07 Å². The molecule has 0 aromatic heterocycles. The maximum atomic E-state index is 13.2. The summed E-state index contributed by atoms with van der Waals surface area (Å²) in [5, 5.41) is 8.99. The first-order valence-electron chi connectivity index (χ1n) is 5.72. The van der Waals surface area contributed by atoms with E-state index in [1.165, 1.54) is 23.1 Å². The Morgan fingerprint density at radius 3 is 2.88 bits per heavy atom.